The van der Waals surface area contributed by atoms with Crippen molar-refractivity contribution >= 4 is 18.1 Å². The molecule has 0 bridgehead atoms. The van der Waals surface area contributed by atoms with Crippen molar-refractivity contribution in [1.82, 2.24) is 5.43 Å². The van der Waals surface area contributed by atoms with E-state index in [-0.39, 0.29) is 28.6 Å². The van der Waals surface area contributed by atoms with E-state index in [1.54, 1.807) is 24.3 Å². The first-order chi connectivity index (χ1) is 12.5. The second-order valence-electron chi connectivity index (χ2n) is 5.06. The Labute approximate surface area is 150 Å². The number of phenolic OH excluding ortho intramolecular Hbond substituents is 1. The fourth-order valence-corrected chi connectivity index (χ4v) is 2.11. The van der Waals surface area contributed by atoms with Crippen LogP contribution in [-0.4, -0.2) is 37.4 Å². The van der Waals surface area contributed by atoms with Crippen LogP contribution in [0.4, 0.5) is 0 Å². The number of ether oxygens (including phenoxy) is 3. The molecule has 2 N–H and O–H groups in total. The van der Waals surface area contributed by atoms with E-state index in [1.807, 2.05) is 0 Å². The van der Waals surface area contributed by atoms with Gasteiger partial charge in [0.15, 0.2) is 11.5 Å². The first-order valence-corrected chi connectivity index (χ1v) is 7.52. The van der Waals surface area contributed by atoms with Gasteiger partial charge in [0.2, 0.25) is 5.75 Å². The third-order valence-corrected chi connectivity index (χ3v) is 3.26. The molecule has 8 nitrogen and oxygen atoms in total. The predicted molar refractivity (Wildman–Crippen MR) is 94.0 cm³/mol. The quantitative estimate of drug-likeness (QED) is 0.354. The van der Waals surface area contributed by atoms with Crippen molar-refractivity contribution < 1.29 is 28.9 Å². The fourth-order valence-electron chi connectivity index (χ4n) is 2.11. The van der Waals surface area contributed by atoms with Crippen molar-refractivity contribution in [3.63, 3.8) is 0 Å². The molecule has 0 radical (unpaired) electrons. The van der Waals surface area contributed by atoms with E-state index in [9.17, 15) is 14.7 Å². The molecule has 8 heteroatoms. The molecule has 0 aromatic heterocycles. The average Bonchev–Trinajstić information content (AvgIpc) is 2.62. The molecule has 0 saturated heterocycles. The number of nitrogens with one attached hydrogen (secondary N) is 1. The van der Waals surface area contributed by atoms with Crippen LogP contribution in [-0.2, 0) is 4.79 Å². The molecule has 0 fully saturated rings. The van der Waals surface area contributed by atoms with E-state index in [1.165, 1.54) is 39.5 Å². The summed E-state index contributed by atoms with van der Waals surface area (Å²) >= 11 is 0. The molecule has 0 atom stereocenters. The summed E-state index contributed by atoms with van der Waals surface area (Å²) in [5.74, 6) is -0.527. The lowest BCUT2D eigenvalue weighted by atomic mass is 10.2. The molecule has 2 rings (SSSR count). The Morgan fingerprint density at radius 1 is 1.12 bits per heavy atom. The van der Waals surface area contributed by atoms with Crippen molar-refractivity contribution in [1.29, 1.82) is 0 Å². The smallest absolute Gasteiger partial charge is 0.308 e. The van der Waals surface area contributed by atoms with Gasteiger partial charge in [-0.2, -0.15) is 5.10 Å². The first kappa shape index (κ1) is 18.8. The average molecular weight is 358 g/mol. The minimum atomic E-state index is -0.560. The highest BCUT2D eigenvalue weighted by molar-refractivity contribution is 5.97. The normalized spacial score (nSPS) is 10.4. The molecule has 0 saturated carbocycles. The van der Waals surface area contributed by atoms with Gasteiger partial charge in [-0.05, 0) is 24.3 Å². The number of esters is 1. The van der Waals surface area contributed by atoms with Gasteiger partial charge in [-0.1, -0.05) is 12.1 Å². The third kappa shape index (κ3) is 4.50. The highest BCUT2D eigenvalue weighted by Gasteiger charge is 2.15. The van der Waals surface area contributed by atoms with Crippen LogP contribution >= 0.6 is 0 Å². The van der Waals surface area contributed by atoms with Gasteiger partial charge in [-0.15, -0.1) is 0 Å². The highest BCUT2D eigenvalue weighted by Crippen LogP contribution is 2.38. The number of nitrogens with zero attached hydrogens (tertiary/aromatic N) is 1. The maximum absolute atomic E-state index is 12.0. The van der Waals surface area contributed by atoms with Gasteiger partial charge >= 0.3 is 5.97 Å². The number of methoxy groups -OCH3 is 2. The van der Waals surface area contributed by atoms with Crippen molar-refractivity contribution in [2.75, 3.05) is 14.2 Å². The van der Waals surface area contributed by atoms with Gasteiger partial charge in [0.25, 0.3) is 5.91 Å². The van der Waals surface area contributed by atoms with Crippen molar-refractivity contribution in [3.05, 3.63) is 47.5 Å². The number of hydrazone groups is 1. The number of hydrogen-bond acceptors (Lipinski definition) is 7. The highest BCUT2D eigenvalue weighted by atomic mass is 16.6. The standard InChI is InChI=1S/C18H18N2O6/c1-11(21)26-17-15(24-2)8-12(9-16(17)25-3)10-19-20-18(23)13-6-4-5-7-14(13)22/h4-10,22H,1-3H3,(H,20,23)/b19-10-. The molecule has 136 valence electrons. The molecule has 0 spiro atoms. The summed E-state index contributed by atoms with van der Waals surface area (Å²) < 4.78 is 15.5. The number of carbonyl (C=O) groups excluding carboxylic acids is 2. The van der Waals surface area contributed by atoms with E-state index in [0.29, 0.717) is 5.56 Å². The Morgan fingerprint density at radius 3 is 2.27 bits per heavy atom. The molecule has 26 heavy (non-hydrogen) atoms. The zero-order chi connectivity index (χ0) is 19.1. The second-order valence-corrected chi connectivity index (χ2v) is 5.06. The number of hydrogen-bond donors (Lipinski definition) is 2. The largest absolute Gasteiger partial charge is 0.507 e. The Bertz CT molecular complexity index is 822. The molecule has 0 aliphatic rings. The summed E-state index contributed by atoms with van der Waals surface area (Å²) in [6.45, 7) is 1.27. The number of benzene rings is 2. The van der Waals surface area contributed by atoms with Gasteiger partial charge in [0.1, 0.15) is 5.75 Å². The maximum Gasteiger partial charge on any atom is 0.308 e. The van der Waals surface area contributed by atoms with E-state index in [4.69, 9.17) is 14.2 Å². The molecular formula is C18H18N2O6. The Morgan fingerprint density at radius 2 is 1.73 bits per heavy atom. The molecule has 2 aromatic rings. The predicted octanol–water partition coefficient (Wildman–Crippen LogP) is 2.10. The summed E-state index contributed by atoms with van der Waals surface area (Å²) in [4.78, 5) is 23.2. The van der Waals surface area contributed by atoms with Crippen molar-refractivity contribution in [2.24, 2.45) is 5.10 Å². The molecule has 0 aliphatic carbocycles. The lowest BCUT2D eigenvalue weighted by molar-refractivity contribution is -0.132. The lowest BCUT2D eigenvalue weighted by Crippen LogP contribution is -2.17. The van der Waals surface area contributed by atoms with E-state index in [0.717, 1.165) is 0 Å². The van der Waals surface area contributed by atoms with Crippen LogP contribution in [0, 0.1) is 0 Å². The van der Waals surface area contributed by atoms with E-state index >= 15 is 0 Å². The number of carbonyl (C=O) groups is 2. The minimum absolute atomic E-state index is 0.102. The third-order valence-electron chi connectivity index (χ3n) is 3.26. The van der Waals surface area contributed by atoms with Crippen LogP contribution < -0.4 is 19.6 Å². The summed E-state index contributed by atoms with van der Waals surface area (Å²) in [5.41, 5.74) is 2.95. The number of aromatic hydroxyl groups is 1. The molecule has 1 amide bonds. The Hall–Kier alpha value is -3.55. The minimum Gasteiger partial charge on any atom is -0.507 e. The van der Waals surface area contributed by atoms with Crippen molar-refractivity contribution in [3.8, 4) is 23.0 Å². The van der Waals surface area contributed by atoms with Gasteiger partial charge in [0.05, 0.1) is 26.0 Å². The molecule has 2 aromatic carbocycles. The molecule has 0 heterocycles. The number of amides is 1. The number of phenols is 1. The maximum atomic E-state index is 12.0. The summed E-state index contributed by atoms with van der Waals surface area (Å²) in [7, 11) is 2.84. The van der Waals surface area contributed by atoms with E-state index < -0.39 is 11.9 Å². The summed E-state index contributed by atoms with van der Waals surface area (Å²) in [5, 5.41) is 13.5. The van der Waals surface area contributed by atoms with Gasteiger partial charge in [-0.3, -0.25) is 9.59 Å². The summed E-state index contributed by atoms with van der Waals surface area (Å²) in [6.07, 6.45) is 1.36. The second kappa shape index (κ2) is 8.52. The molecule has 0 unspecified atom stereocenters. The SMILES string of the molecule is COc1cc(/C=N\NC(=O)c2ccccc2O)cc(OC)c1OC(C)=O. The van der Waals surface area contributed by atoms with Crippen molar-refractivity contribution in [2.45, 2.75) is 6.92 Å². The zero-order valence-corrected chi connectivity index (χ0v) is 14.5. The van der Waals surface area contributed by atoms with Crippen LogP contribution in [0.3, 0.4) is 0 Å². The van der Waals surface area contributed by atoms with Crippen LogP contribution in [0.2, 0.25) is 0 Å². The van der Waals surface area contributed by atoms with Crippen LogP contribution in [0.25, 0.3) is 0 Å². The Kier molecular flexibility index (Phi) is 6.15. The van der Waals surface area contributed by atoms with Crippen LogP contribution in [0.1, 0.15) is 22.8 Å². The van der Waals surface area contributed by atoms with Crippen LogP contribution in [0.15, 0.2) is 41.5 Å². The topological polar surface area (TPSA) is 106 Å². The number of para-hydroxylation sites is 1. The first-order valence-electron chi connectivity index (χ1n) is 7.52. The Balaban J connectivity index is 2.21. The lowest BCUT2D eigenvalue weighted by Gasteiger charge is -2.13. The van der Waals surface area contributed by atoms with Gasteiger partial charge < -0.3 is 19.3 Å². The van der Waals surface area contributed by atoms with Gasteiger partial charge in [0, 0.05) is 12.5 Å². The monoisotopic (exact) mass is 358 g/mol. The molecule has 0 aliphatic heterocycles. The summed E-state index contributed by atoms with van der Waals surface area (Å²) in [6, 6.07) is 9.25. The molecular weight excluding hydrogens is 340 g/mol. The zero-order valence-electron chi connectivity index (χ0n) is 14.5. The fraction of sp³-hybridized carbons (Fsp3) is 0.167. The van der Waals surface area contributed by atoms with Crippen LogP contribution in [0.5, 0.6) is 23.0 Å². The van der Waals surface area contributed by atoms with E-state index in [2.05, 4.69) is 10.5 Å². The van der Waals surface area contributed by atoms with Gasteiger partial charge in [-0.25, -0.2) is 5.43 Å². The number of rotatable bonds is 6.